The lowest BCUT2D eigenvalue weighted by Gasteiger charge is -2.26. The van der Waals surface area contributed by atoms with Crippen LogP contribution in [0.3, 0.4) is 0 Å². The smallest absolute Gasteiger partial charge is 0.336 e. The minimum absolute atomic E-state index is 0.182. The molecule has 0 saturated carbocycles. The lowest BCUT2D eigenvalue weighted by atomic mass is 10.1. The van der Waals surface area contributed by atoms with E-state index >= 15 is 0 Å². The van der Waals surface area contributed by atoms with E-state index in [-0.39, 0.29) is 5.56 Å². The van der Waals surface area contributed by atoms with Crippen molar-refractivity contribution >= 4 is 28.9 Å². The fourth-order valence-corrected chi connectivity index (χ4v) is 4.60. The molecule has 0 unspecified atom stereocenters. The van der Waals surface area contributed by atoms with E-state index in [2.05, 4.69) is 4.98 Å². The number of carboxylic acid groups (broad SMARTS) is 1. The van der Waals surface area contributed by atoms with Crippen LogP contribution in [0.15, 0.2) is 108 Å². The van der Waals surface area contributed by atoms with Crippen molar-refractivity contribution in [3.05, 3.63) is 131 Å². The summed E-state index contributed by atoms with van der Waals surface area (Å²) in [6.07, 6.45) is 0.616. The van der Waals surface area contributed by atoms with Gasteiger partial charge in [-0.1, -0.05) is 54.1 Å². The van der Waals surface area contributed by atoms with Crippen molar-refractivity contribution < 1.29 is 19.1 Å². The number of benzene rings is 4. The van der Waals surface area contributed by atoms with Gasteiger partial charge in [-0.15, -0.1) is 0 Å². The molecule has 1 N–H and O–H groups in total. The number of nitrogens with zero attached hydrogens (tertiary/aromatic N) is 2. The third kappa shape index (κ3) is 6.13. The molecule has 0 aliphatic carbocycles. The van der Waals surface area contributed by atoms with Crippen molar-refractivity contribution in [3.8, 4) is 17.2 Å². The fourth-order valence-electron chi connectivity index (χ4n) is 4.37. The molecule has 5 aromatic rings. The highest BCUT2D eigenvalue weighted by Gasteiger charge is 2.18. The number of ether oxygens (including phenoxy) is 1. The van der Waals surface area contributed by atoms with Crippen molar-refractivity contribution in [1.82, 2.24) is 4.98 Å². The second-order valence-electron chi connectivity index (χ2n) is 8.97. The van der Waals surface area contributed by atoms with E-state index in [1.807, 2.05) is 96.8 Å². The van der Waals surface area contributed by atoms with Crippen molar-refractivity contribution in [2.75, 3.05) is 11.5 Å². The molecular formula is C32H27ClN2O4. The third-order valence-corrected chi connectivity index (χ3v) is 6.76. The predicted octanol–water partition coefficient (Wildman–Crippen LogP) is 7.96. The van der Waals surface area contributed by atoms with Crippen LogP contribution >= 0.6 is 11.6 Å². The summed E-state index contributed by atoms with van der Waals surface area (Å²) >= 11 is 6.45. The van der Waals surface area contributed by atoms with Crippen LogP contribution in [-0.2, 0) is 13.0 Å². The van der Waals surface area contributed by atoms with Gasteiger partial charge in [-0.25, -0.2) is 9.78 Å². The van der Waals surface area contributed by atoms with E-state index in [4.69, 9.17) is 20.8 Å². The van der Waals surface area contributed by atoms with Gasteiger partial charge in [0.15, 0.2) is 0 Å². The summed E-state index contributed by atoms with van der Waals surface area (Å²) < 4.78 is 11.9. The van der Waals surface area contributed by atoms with Crippen molar-refractivity contribution in [2.24, 2.45) is 0 Å². The average molecular weight is 539 g/mol. The highest BCUT2D eigenvalue weighted by Crippen LogP contribution is 2.32. The molecule has 0 amide bonds. The third-order valence-electron chi connectivity index (χ3n) is 6.40. The molecule has 0 radical (unpaired) electrons. The summed E-state index contributed by atoms with van der Waals surface area (Å²) in [5.41, 5.74) is 4.34. The molecule has 0 bridgehead atoms. The number of hydrogen-bond acceptors (Lipinski definition) is 5. The van der Waals surface area contributed by atoms with E-state index in [9.17, 15) is 9.90 Å². The number of anilines is 2. The number of para-hydroxylation sites is 1. The highest BCUT2D eigenvalue weighted by molar-refractivity contribution is 6.31. The van der Waals surface area contributed by atoms with E-state index in [1.54, 1.807) is 18.2 Å². The van der Waals surface area contributed by atoms with Crippen molar-refractivity contribution in [3.63, 3.8) is 0 Å². The Hall–Kier alpha value is -4.55. The Morgan fingerprint density at radius 1 is 0.897 bits per heavy atom. The van der Waals surface area contributed by atoms with Gasteiger partial charge >= 0.3 is 5.97 Å². The molecular weight excluding hydrogens is 512 g/mol. The van der Waals surface area contributed by atoms with Gasteiger partial charge in [0.1, 0.15) is 11.5 Å². The van der Waals surface area contributed by atoms with Crippen LogP contribution in [0.2, 0.25) is 5.02 Å². The number of hydrogen-bond donors (Lipinski definition) is 1. The number of oxazole rings is 1. The van der Waals surface area contributed by atoms with Gasteiger partial charge in [0.2, 0.25) is 5.89 Å². The monoisotopic (exact) mass is 538 g/mol. The topological polar surface area (TPSA) is 75.8 Å². The second kappa shape index (κ2) is 11.9. The molecule has 7 heteroatoms. The molecule has 0 saturated heterocycles. The molecule has 1 heterocycles. The summed E-state index contributed by atoms with van der Waals surface area (Å²) in [5, 5.41) is 10.1. The number of rotatable bonds is 10. The van der Waals surface area contributed by atoms with Gasteiger partial charge in [-0.3, -0.25) is 0 Å². The Labute approximate surface area is 232 Å². The van der Waals surface area contributed by atoms with Crippen LogP contribution < -0.4 is 9.64 Å². The Morgan fingerprint density at radius 2 is 1.56 bits per heavy atom. The molecule has 0 aliphatic heterocycles. The number of halogens is 1. The van der Waals surface area contributed by atoms with Crippen molar-refractivity contribution in [2.45, 2.75) is 19.9 Å². The summed E-state index contributed by atoms with van der Waals surface area (Å²) in [6, 6.07) is 32.3. The van der Waals surface area contributed by atoms with E-state index in [1.165, 1.54) is 0 Å². The van der Waals surface area contributed by atoms with Crippen LogP contribution in [0.1, 0.15) is 27.4 Å². The summed E-state index contributed by atoms with van der Waals surface area (Å²) in [4.78, 5) is 18.5. The number of aryl methyl sites for hydroxylation is 1. The maximum atomic E-state index is 11.9. The maximum Gasteiger partial charge on any atom is 0.336 e. The molecule has 5 rings (SSSR count). The standard InChI is InChI=1S/C32H27ClN2O4/c1-22-30(34-31(39-22)23-9-4-2-5-10-23)19-20-38-26-17-15-25(16-18-26)35(24-11-6-3-7-12-24)21-28-27(32(36)37)13-8-14-29(28)33/h2-18H,19-21H2,1H3,(H,36,37). The van der Waals surface area contributed by atoms with Gasteiger partial charge < -0.3 is 19.2 Å². The molecule has 4 aromatic carbocycles. The maximum absolute atomic E-state index is 11.9. The van der Waals surface area contributed by atoms with Crippen LogP contribution in [0.5, 0.6) is 5.75 Å². The zero-order valence-electron chi connectivity index (χ0n) is 21.4. The van der Waals surface area contributed by atoms with Gasteiger partial charge in [0.25, 0.3) is 0 Å². The number of aromatic nitrogens is 1. The Balaban J connectivity index is 1.30. The first-order chi connectivity index (χ1) is 19.0. The fraction of sp³-hybridized carbons (Fsp3) is 0.125. The lowest BCUT2D eigenvalue weighted by molar-refractivity contribution is 0.0695. The minimum Gasteiger partial charge on any atom is -0.493 e. The summed E-state index contributed by atoms with van der Waals surface area (Å²) in [7, 11) is 0. The Bertz CT molecular complexity index is 1550. The van der Waals surface area contributed by atoms with Gasteiger partial charge in [0.05, 0.1) is 24.4 Å². The zero-order chi connectivity index (χ0) is 27.2. The average Bonchev–Trinajstić information content (AvgIpc) is 3.34. The van der Waals surface area contributed by atoms with E-state index in [0.29, 0.717) is 36.0 Å². The van der Waals surface area contributed by atoms with Gasteiger partial charge in [-0.05, 0) is 67.6 Å². The zero-order valence-corrected chi connectivity index (χ0v) is 22.1. The van der Waals surface area contributed by atoms with Crippen molar-refractivity contribution in [1.29, 1.82) is 0 Å². The largest absolute Gasteiger partial charge is 0.493 e. The minimum atomic E-state index is -1.01. The second-order valence-corrected chi connectivity index (χ2v) is 9.38. The van der Waals surface area contributed by atoms with E-state index < -0.39 is 5.97 Å². The molecule has 196 valence electrons. The SMILES string of the molecule is Cc1oc(-c2ccccc2)nc1CCOc1ccc(N(Cc2c(Cl)cccc2C(=O)O)c2ccccc2)cc1. The molecule has 0 spiro atoms. The van der Waals surface area contributed by atoms with Crippen LogP contribution in [0.4, 0.5) is 11.4 Å². The first-order valence-electron chi connectivity index (χ1n) is 12.6. The first-order valence-corrected chi connectivity index (χ1v) is 13.0. The van der Waals surface area contributed by atoms with Gasteiger partial charge in [0, 0.05) is 33.9 Å². The lowest BCUT2D eigenvalue weighted by Crippen LogP contribution is -2.19. The summed E-state index contributed by atoms with van der Waals surface area (Å²) in [5.74, 6) is 1.10. The molecule has 6 nitrogen and oxygen atoms in total. The molecule has 0 aliphatic rings. The number of carboxylic acids is 1. The Morgan fingerprint density at radius 3 is 2.26 bits per heavy atom. The highest BCUT2D eigenvalue weighted by atomic mass is 35.5. The molecule has 39 heavy (non-hydrogen) atoms. The van der Waals surface area contributed by atoms with Crippen LogP contribution in [0, 0.1) is 6.92 Å². The van der Waals surface area contributed by atoms with Crippen LogP contribution in [-0.4, -0.2) is 22.7 Å². The first kappa shape index (κ1) is 26.1. The molecule has 0 atom stereocenters. The number of aromatic carboxylic acids is 1. The van der Waals surface area contributed by atoms with Gasteiger partial charge in [-0.2, -0.15) is 0 Å². The molecule has 0 fully saturated rings. The van der Waals surface area contributed by atoms with E-state index in [0.717, 1.165) is 34.1 Å². The Kier molecular flexibility index (Phi) is 7.94. The quantitative estimate of drug-likeness (QED) is 0.194. The van der Waals surface area contributed by atoms with Crippen LogP contribution in [0.25, 0.3) is 11.5 Å². The molecule has 1 aromatic heterocycles. The normalized spacial score (nSPS) is 10.8. The predicted molar refractivity (Wildman–Crippen MR) is 153 cm³/mol. The summed E-state index contributed by atoms with van der Waals surface area (Å²) in [6.45, 7) is 2.65. The number of carbonyl (C=O) groups is 1.